The summed E-state index contributed by atoms with van der Waals surface area (Å²) in [5, 5.41) is 3.66. The van der Waals surface area contributed by atoms with Gasteiger partial charge in [0.15, 0.2) is 0 Å². The minimum absolute atomic E-state index is 0.562. The molecule has 0 saturated carbocycles. The third-order valence-electron chi connectivity index (χ3n) is 4.05. The number of nitrogens with one attached hydrogen (secondary N) is 1. The lowest BCUT2D eigenvalue weighted by atomic mass is 10.1. The summed E-state index contributed by atoms with van der Waals surface area (Å²) in [5.41, 5.74) is 1.64. The van der Waals surface area contributed by atoms with E-state index in [2.05, 4.69) is 37.2 Å². The molecule has 0 aromatic carbocycles. The van der Waals surface area contributed by atoms with Crippen LogP contribution in [0.1, 0.15) is 48.4 Å². The van der Waals surface area contributed by atoms with Crippen LogP contribution in [0, 0.1) is 0 Å². The summed E-state index contributed by atoms with van der Waals surface area (Å²) in [5.74, 6) is 0. The number of thiophene rings is 1. The molecule has 0 radical (unpaired) electrons. The van der Waals surface area contributed by atoms with E-state index in [1.807, 2.05) is 11.3 Å². The number of hydrogen-bond acceptors (Lipinski definition) is 3. The van der Waals surface area contributed by atoms with Crippen molar-refractivity contribution < 1.29 is 0 Å². The molecule has 1 heterocycles. The molecule has 3 heteroatoms. The molecule has 0 saturated heterocycles. The molecule has 1 atom stereocenters. The van der Waals surface area contributed by atoms with Gasteiger partial charge in [-0.25, -0.2) is 0 Å². The summed E-state index contributed by atoms with van der Waals surface area (Å²) >= 11 is 2.04. The fourth-order valence-electron chi connectivity index (χ4n) is 2.75. The maximum absolute atomic E-state index is 3.66. The summed E-state index contributed by atoms with van der Waals surface area (Å²) < 4.78 is 0. The Morgan fingerprint density at radius 1 is 1.32 bits per heavy atom. The molecule has 1 aliphatic rings. The molecule has 0 bridgehead atoms. The van der Waals surface area contributed by atoms with E-state index in [1.54, 1.807) is 10.4 Å². The van der Waals surface area contributed by atoms with Crippen molar-refractivity contribution in [1.29, 1.82) is 0 Å². The van der Waals surface area contributed by atoms with Gasteiger partial charge in [0.05, 0.1) is 0 Å². The Labute approximate surface area is 122 Å². The minimum Gasteiger partial charge on any atom is -0.308 e. The van der Waals surface area contributed by atoms with Gasteiger partial charge in [0.2, 0.25) is 0 Å². The van der Waals surface area contributed by atoms with E-state index < -0.39 is 0 Å². The van der Waals surface area contributed by atoms with Crippen LogP contribution in [-0.2, 0) is 19.4 Å². The summed E-state index contributed by atoms with van der Waals surface area (Å²) in [7, 11) is 2.19. The van der Waals surface area contributed by atoms with Gasteiger partial charge in [-0.15, -0.1) is 11.3 Å². The molecule has 2 nitrogen and oxygen atoms in total. The van der Waals surface area contributed by atoms with E-state index in [1.165, 1.54) is 37.0 Å². The second kappa shape index (κ2) is 7.41. The van der Waals surface area contributed by atoms with Crippen molar-refractivity contribution >= 4 is 11.3 Å². The minimum atomic E-state index is 0.562. The van der Waals surface area contributed by atoms with Gasteiger partial charge in [-0.3, -0.25) is 0 Å². The van der Waals surface area contributed by atoms with Crippen LogP contribution < -0.4 is 5.32 Å². The first-order chi connectivity index (χ1) is 9.19. The molecule has 1 aromatic rings. The second-order valence-electron chi connectivity index (χ2n) is 5.86. The normalized spacial score (nSPS) is 17.3. The van der Waals surface area contributed by atoms with Crippen molar-refractivity contribution in [2.45, 2.75) is 58.5 Å². The predicted octanol–water partition coefficient (Wildman–Crippen LogP) is 3.45. The van der Waals surface area contributed by atoms with Crippen molar-refractivity contribution in [2.75, 3.05) is 20.1 Å². The average molecular weight is 280 g/mol. The second-order valence-corrected chi connectivity index (χ2v) is 7.08. The third-order valence-corrected chi connectivity index (χ3v) is 5.28. The fourth-order valence-corrected chi connectivity index (χ4v) is 3.96. The molecule has 1 aliphatic carbocycles. The van der Waals surface area contributed by atoms with E-state index in [4.69, 9.17) is 0 Å². The smallest absolute Gasteiger partial charge is 0.0302 e. The lowest BCUT2D eigenvalue weighted by Crippen LogP contribution is -2.36. The Kier molecular flexibility index (Phi) is 5.86. The molecule has 108 valence electrons. The molecular weight excluding hydrogens is 252 g/mol. The maximum Gasteiger partial charge on any atom is 0.0302 e. The van der Waals surface area contributed by atoms with Crippen molar-refractivity contribution in [1.82, 2.24) is 10.2 Å². The van der Waals surface area contributed by atoms with E-state index in [0.29, 0.717) is 6.04 Å². The molecule has 2 rings (SSSR count). The third kappa shape index (κ3) is 4.59. The zero-order valence-corrected chi connectivity index (χ0v) is 13.5. The van der Waals surface area contributed by atoms with Crippen LogP contribution in [0.3, 0.4) is 0 Å². The molecule has 0 amide bonds. The largest absolute Gasteiger partial charge is 0.308 e. The van der Waals surface area contributed by atoms with E-state index in [-0.39, 0.29) is 0 Å². The number of nitrogens with zero attached hydrogens (tertiary/aromatic N) is 1. The maximum atomic E-state index is 3.66. The highest BCUT2D eigenvalue weighted by Crippen LogP contribution is 2.28. The summed E-state index contributed by atoms with van der Waals surface area (Å²) in [6.07, 6.45) is 6.80. The summed E-state index contributed by atoms with van der Waals surface area (Å²) in [6, 6.07) is 3.01. The first kappa shape index (κ1) is 15.0. The van der Waals surface area contributed by atoms with E-state index >= 15 is 0 Å². The van der Waals surface area contributed by atoms with Gasteiger partial charge in [-0.2, -0.15) is 0 Å². The zero-order valence-electron chi connectivity index (χ0n) is 12.7. The Balaban J connectivity index is 1.83. The molecule has 1 aromatic heterocycles. The van der Waals surface area contributed by atoms with Crippen LogP contribution >= 0.6 is 11.3 Å². The quantitative estimate of drug-likeness (QED) is 0.803. The van der Waals surface area contributed by atoms with Crippen LogP contribution in [0.4, 0.5) is 0 Å². The van der Waals surface area contributed by atoms with Gasteiger partial charge >= 0.3 is 0 Å². The number of rotatable bonds is 6. The number of hydrogen-bond donors (Lipinski definition) is 1. The highest BCUT2D eigenvalue weighted by Gasteiger charge is 2.12. The fraction of sp³-hybridized carbons (Fsp3) is 0.750. The molecule has 19 heavy (non-hydrogen) atoms. The molecule has 1 unspecified atom stereocenters. The highest BCUT2D eigenvalue weighted by atomic mass is 32.1. The number of aryl methyl sites for hydroxylation is 2. The van der Waals surface area contributed by atoms with Crippen molar-refractivity contribution in [3.05, 3.63) is 21.4 Å². The van der Waals surface area contributed by atoms with Gasteiger partial charge in [0.1, 0.15) is 0 Å². The van der Waals surface area contributed by atoms with Crippen molar-refractivity contribution in [3.63, 3.8) is 0 Å². The van der Waals surface area contributed by atoms with Crippen LogP contribution in [0.15, 0.2) is 6.07 Å². The Hall–Kier alpha value is -0.380. The van der Waals surface area contributed by atoms with Gasteiger partial charge in [-0.05, 0) is 57.8 Å². The lowest BCUT2D eigenvalue weighted by Gasteiger charge is -2.20. The average Bonchev–Trinajstić information content (AvgIpc) is 2.66. The van der Waals surface area contributed by atoms with E-state index in [0.717, 1.165) is 19.6 Å². The van der Waals surface area contributed by atoms with Gasteiger partial charge < -0.3 is 10.2 Å². The van der Waals surface area contributed by atoms with Crippen LogP contribution in [-0.4, -0.2) is 31.1 Å². The van der Waals surface area contributed by atoms with E-state index in [9.17, 15) is 0 Å². The zero-order chi connectivity index (χ0) is 13.7. The number of fused-ring (bicyclic) bond motifs is 1. The van der Waals surface area contributed by atoms with Crippen molar-refractivity contribution in [3.8, 4) is 0 Å². The topological polar surface area (TPSA) is 15.3 Å². The van der Waals surface area contributed by atoms with Crippen molar-refractivity contribution in [2.24, 2.45) is 0 Å². The van der Waals surface area contributed by atoms with Gasteiger partial charge in [0.25, 0.3) is 0 Å². The monoisotopic (exact) mass is 280 g/mol. The van der Waals surface area contributed by atoms with Gasteiger partial charge in [0, 0.05) is 28.9 Å². The van der Waals surface area contributed by atoms with Crippen LogP contribution in [0.5, 0.6) is 0 Å². The van der Waals surface area contributed by atoms with Crippen LogP contribution in [0.2, 0.25) is 0 Å². The summed E-state index contributed by atoms with van der Waals surface area (Å²) in [4.78, 5) is 5.55. The number of likely N-dealkylation sites (N-methyl/N-ethyl adjacent to an activating group) is 1. The Morgan fingerprint density at radius 3 is 2.89 bits per heavy atom. The predicted molar refractivity (Wildman–Crippen MR) is 85.1 cm³/mol. The Bertz CT molecular complexity index is 363. The Morgan fingerprint density at radius 2 is 2.11 bits per heavy atom. The van der Waals surface area contributed by atoms with Gasteiger partial charge in [-0.1, -0.05) is 13.3 Å². The summed E-state index contributed by atoms with van der Waals surface area (Å²) in [6.45, 7) is 7.78. The lowest BCUT2D eigenvalue weighted by molar-refractivity contribution is 0.310. The highest BCUT2D eigenvalue weighted by molar-refractivity contribution is 7.12. The first-order valence-corrected chi connectivity index (χ1v) is 8.53. The molecule has 0 fully saturated rings. The molecule has 1 N–H and O–H groups in total. The first-order valence-electron chi connectivity index (χ1n) is 7.71. The standard InChI is InChI=1S/C16H28N2S/c1-4-18(3)12-13(2)17-11-15-10-14-8-6-5-7-9-16(14)19-15/h10,13,17H,4-9,11-12H2,1-3H3. The molecular formula is C16H28N2S. The molecule has 0 aliphatic heterocycles. The molecule has 0 spiro atoms. The van der Waals surface area contributed by atoms with Crippen LogP contribution in [0.25, 0.3) is 0 Å². The SMILES string of the molecule is CCN(C)CC(C)NCc1cc2c(s1)CCCCC2.